The molecule has 2 aromatic heterocycles. The van der Waals surface area contributed by atoms with Crippen molar-refractivity contribution in [2.24, 2.45) is 0 Å². The maximum atomic E-state index is 8.74. The summed E-state index contributed by atoms with van der Waals surface area (Å²) in [7, 11) is -4.67. The summed E-state index contributed by atoms with van der Waals surface area (Å²) in [6, 6.07) is 14.1. The van der Waals surface area contributed by atoms with Gasteiger partial charge in [0.25, 0.3) is 4.83 Å². The highest BCUT2D eigenvalue weighted by molar-refractivity contribution is 7.79. The minimum atomic E-state index is -4.67. The number of aromatic nitrogens is 1. The lowest BCUT2D eigenvalue weighted by Gasteiger charge is -1.94. The van der Waals surface area contributed by atoms with Crippen LogP contribution in [-0.2, 0) is 10.4 Å². The smallest absolute Gasteiger partial charge is 0.264 e. The average Bonchev–Trinajstić information content (AvgIpc) is 2.82. The van der Waals surface area contributed by atoms with E-state index >= 15 is 0 Å². The molecule has 21 heavy (non-hydrogen) atoms. The monoisotopic (exact) mass is 344 g/mol. The normalized spacial score (nSPS) is 11.0. The summed E-state index contributed by atoms with van der Waals surface area (Å²) in [5.74, 6) is 0. The summed E-state index contributed by atoms with van der Waals surface area (Å²) < 4.78 is 33.8. The fraction of sp³-hybridized carbons (Fsp3) is 0. The van der Waals surface area contributed by atoms with Gasteiger partial charge in [-0.25, -0.2) is 0 Å². The SMILES string of the molecule is Clc1ccc(-c2csc3cccc[n+]23)cc1.O=S(=O)(O)O. The van der Waals surface area contributed by atoms with Gasteiger partial charge in [0, 0.05) is 22.7 Å². The predicted molar refractivity (Wildman–Crippen MR) is 82.1 cm³/mol. The van der Waals surface area contributed by atoms with Crippen LogP contribution < -0.4 is 4.40 Å². The van der Waals surface area contributed by atoms with E-state index in [9.17, 15) is 0 Å². The van der Waals surface area contributed by atoms with E-state index < -0.39 is 10.4 Å². The number of hydrogen-bond acceptors (Lipinski definition) is 3. The third kappa shape index (κ3) is 4.76. The minimum Gasteiger partial charge on any atom is -0.264 e. The van der Waals surface area contributed by atoms with E-state index in [2.05, 4.69) is 28.1 Å². The Morgan fingerprint density at radius 1 is 1.05 bits per heavy atom. The van der Waals surface area contributed by atoms with Crippen LogP contribution in [0.25, 0.3) is 16.1 Å². The summed E-state index contributed by atoms with van der Waals surface area (Å²) in [4.78, 5) is 1.24. The Bertz CT molecular complexity index is 836. The maximum Gasteiger partial charge on any atom is 0.394 e. The van der Waals surface area contributed by atoms with Crippen LogP contribution in [0.4, 0.5) is 0 Å². The molecule has 0 aliphatic heterocycles. The van der Waals surface area contributed by atoms with Gasteiger partial charge in [-0.2, -0.15) is 12.8 Å². The predicted octanol–water partition coefficient (Wildman–Crippen LogP) is 3.15. The van der Waals surface area contributed by atoms with Crippen molar-refractivity contribution in [3.63, 3.8) is 0 Å². The molecule has 0 aliphatic rings. The topological polar surface area (TPSA) is 78.7 Å². The van der Waals surface area contributed by atoms with Crippen molar-refractivity contribution in [1.29, 1.82) is 0 Å². The second-order valence-electron chi connectivity index (χ2n) is 3.98. The molecule has 3 rings (SSSR count). The van der Waals surface area contributed by atoms with Crippen LogP contribution >= 0.6 is 22.9 Å². The van der Waals surface area contributed by atoms with Crippen molar-refractivity contribution in [3.05, 3.63) is 59.1 Å². The molecule has 2 N–H and O–H groups in total. The minimum absolute atomic E-state index is 0.772. The zero-order valence-corrected chi connectivity index (χ0v) is 12.9. The lowest BCUT2D eigenvalue weighted by atomic mass is 10.2. The summed E-state index contributed by atoms with van der Waals surface area (Å²) in [5.41, 5.74) is 2.39. The van der Waals surface area contributed by atoms with Crippen molar-refractivity contribution >= 4 is 38.2 Å². The van der Waals surface area contributed by atoms with Crippen molar-refractivity contribution in [2.45, 2.75) is 0 Å². The van der Waals surface area contributed by atoms with Gasteiger partial charge in [0.05, 0.1) is 5.38 Å². The van der Waals surface area contributed by atoms with Gasteiger partial charge in [-0.05, 0) is 30.3 Å². The zero-order valence-electron chi connectivity index (χ0n) is 10.5. The molecule has 3 aromatic rings. The molecule has 110 valence electrons. The molecule has 0 aliphatic carbocycles. The van der Waals surface area contributed by atoms with Gasteiger partial charge in [0.15, 0.2) is 6.20 Å². The second-order valence-corrected chi connectivity index (χ2v) is 6.21. The summed E-state index contributed by atoms with van der Waals surface area (Å²) >= 11 is 7.63. The van der Waals surface area contributed by atoms with Gasteiger partial charge in [0.1, 0.15) is 0 Å². The van der Waals surface area contributed by atoms with Crippen molar-refractivity contribution in [3.8, 4) is 11.3 Å². The van der Waals surface area contributed by atoms with E-state index in [-0.39, 0.29) is 0 Å². The molecule has 5 nitrogen and oxygen atoms in total. The number of thiazole rings is 1. The lowest BCUT2D eigenvalue weighted by Crippen LogP contribution is -2.19. The molecule has 0 fully saturated rings. The number of fused-ring (bicyclic) bond motifs is 1. The Labute approximate surface area is 130 Å². The number of rotatable bonds is 1. The average molecular weight is 345 g/mol. The Balaban J connectivity index is 0.000000282. The Morgan fingerprint density at radius 3 is 2.29 bits per heavy atom. The molecule has 0 spiro atoms. The van der Waals surface area contributed by atoms with Gasteiger partial charge in [-0.15, -0.1) is 0 Å². The quantitative estimate of drug-likeness (QED) is 0.525. The Hall–Kier alpha value is -1.51. The maximum absolute atomic E-state index is 8.74. The van der Waals surface area contributed by atoms with E-state index in [0.29, 0.717) is 0 Å². The van der Waals surface area contributed by atoms with Crippen LogP contribution in [0.15, 0.2) is 54.0 Å². The molecule has 8 heteroatoms. The number of pyridine rings is 1. The highest BCUT2D eigenvalue weighted by Gasteiger charge is 2.13. The van der Waals surface area contributed by atoms with Crippen LogP contribution in [0.3, 0.4) is 0 Å². The molecular weight excluding hydrogens is 334 g/mol. The summed E-state index contributed by atoms with van der Waals surface area (Å²) in [6.45, 7) is 0. The summed E-state index contributed by atoms with van der Waals surface area (Å²) in [5, 5.41) is 2.94. The highest BCUT2D eigenvalue weighted by atomic mass is 35.5. The zero-order chi connectivity index (χ0) is 15.5. The third-order valence-corrected chi connectivity index (χ3v) is 3.68. The second kappa shape index (κ2) is 6.50. The molecule has 2 heterocycles. The van der Waals surface area contributed by atoms with Crippen LogP contribution in [0, 0.1) is 0 Å². The van der Waals surface area contributed by atoms with Gasteiger partial charge < -0.3 is 0 Å². The molecule has 0 radical (unpaired) electrons. The molecule has 0 bridgehead atoms. The molecule has 0 unspecified atom stereocenters. The third-order valence-electron chi connectivity index (χ3n) is 2.51. The van der Waals surface area contributed by atoms with Gasteiger partial charge in [-0.3, -0.25) is 9.11 Å². The first-order valence-corrected chi connectivity index (χ1v) is 8.34. The summed E-state index contributed by atoms with van der Waals surface area (Å²) in [6.07, 6.45) is 2.08. The largest absolute Gasteiger partial charge is 0.394 e. The highest BCUT2D eigenvalue weighted by Crippen LogP contribution is 2.22. The van der Waals surface area contributed by atoms with E-state index in [4.69, 9.17) is 29.1 Å². The van der Waals surface area contributed by atoms with Crippen LogP contribution in [-0.4, -0.2) is 17.5 Å². The van der Waals surface area contributed by atoms with E-state index in [1.54, 1.807) is 11.3 Å². The van der Waals surface area contributed by atoms with Gasteiger partial charge >= 0.3 is 10.4 Å². The first-order valence-electron chi connectivity index (χ1n) is 5.68. The molecule has 0 saturated heterocycles. The van der Waals surface area contributed by atoms with E-state index in [1.165, 1.54) is 16.1 Å². The Kier molecular flexibility index (Phi) is 4.92. The molecular formula is C13H11ClNO4S2+. The standard InChI is InChI=1S/C13H9ClNS.H2O4S/c14-11-6-4-10(5-7-11)12-9-16-13-3-1-2-8-15(12)13;1-5(2,3)4/h1-9H;(H2,1,2,3,4)/q+1;. The number of halogens is 1. The van der Waals surface area contributed by atoms with Gasteiger partial charge in [-0.1, -0.05) is 22.9 Å². The molecule has 0 atom stereocenters. The van der Waals surface area contributed by atoms with E-state index in [0.717, 1.165) is 5.02 Å². The van der Waals surface area contributed by atoms with Crippen molar-refractivity contribution < 1.29 is 21.9 Å². The number of hydrogen-bond donors (Lipinski definition) is 2. The van der Waals surface area contributed by atoms with Crippen LogP contribution in [0.5, 0.6) is 0 Å². The lowest BCUT2D eigenvalue weighted by molar-refractivity contribution is -0.495. The van der Waals surface area contributed by atoms with Crippen LogP contribution in [0.1, 0.15) is 0 Å². The van der Waals surface area contributed by atoms with E-state index in [1.807, 2.05) is 30.3 Å². The molecule has 0 saturated carbocycles. The molecule has 1 aromatic carbocycles. The fourth-order valence-electron chi connectivity index (χ4n) is 1.72. The van der Waals surface area contributed by atoms with Crippen molar-refractivity contribution in [1.82, 2.24) is 0 Å². The number of nitrogens with zero attached hydrogens (tertiary/aromatic N) is 1. The van der Waals surface area contributed by atoms with Crippen LogP contribution in [0.2, 0.25) is 5.02 Å². The number of benzene rings is 1. The van der Waals surface area contributed by atoms with Gasteiger partial charge in [0.2, 0.25) is 5.69 Å². The molecule has 0 amide bonds. The fourth-order valence-corrected chi connectivity index (χ4v) is 2.76. The Morgan fingerprint density at radius 2 is 1.67 bits per heavy atom. The van der Waals surface area contributed by atoms with Crippen molar-refractivity contribution in [2.75, 3.05) is 0 Å². The first kappa shape index (κ1) is 15.9. The first-order chi connectivity index (χ1) is 9.84.